The molecule has 8 heteroatoms. The number of carbonyl (C=O) groups excluding carboxylic acids is 2. The SMILES string of the molecule is CCCCCCCCCCCCCCCCCC(=O)O.O=C([O-])CCCC(=O)[O-].[Ag+].[Ag+]. The predicted octanol–water partition coefficient (Wildman–Crippen LogP) is 3.98. The minimum absolute atomic E-state index is 0. The number of aliphatic carboxylic acids is 3. The molecule has 0 atom stereocenters. The van der Waals surface area contributed by atoms with Crippen LogP contribution in [0.2, 0.25) is 0 Å². The van der Waals surface area contributed by atoms with Crippen LogP contribution in [0.1, 0.15) is 129 Å². The van der Waals surface area contributed by atoms with Crippen LogP contribution < -0.4 is 10.2 Å². The molecule has 0 bridgehead atoms. The monoisotopic (exact) mass is 628 g/mol. The van der Waals surface area contributed by atoms with Crippen molar-refractivity contribution in [3.8, 4) is 0 Å². The van der Waals surface area contributed by atoms with Crippen LogP contribution in [0.25, 0.3) is 0 Å². The van der Waals surface area contributed by atoms with E-state index in [0.29, 0.717) is 6.42 Å². The minimum atomic E-state index is -1.23. The van der Waals surface area contributed by atoms with Crippen molar-refractivity contribution in [1.29, 1.82) is 0 Å². The van der Waals surface area contributed by atoms with Gasteiger partial charge in [0.05, 0.1) is 0 Å². The number of carboxylic acids is 3. The quantitative estimate of drug-likeness (QED) is 0.161. The number of hydrogen-bond donors (Lipinski definition) is 1. The van der Waals surface area contributed by atoms with Crippen molar-refractivity contribution in [1.82, 2.24) is 0 Å². The topological polar surface area (TPSA) is 118 Å². The molecule has 0 amide bonds. The van der Waals surface area contributed by atoms with Crippen LogP contribution in [0.5, 0.6) is 0 Å². The molecule has 6 nitrogen and oxygen atoms in total. The van der Waals surface area contributed by atoms with Gasteiger partial charge in [-0.05, 0) is 25.7 Å². The molecule has 0 aromatic carbocycles. The summed E-state index contributed by atoms with van der Waals surface area (Å²) < 4.78 is 0. The second kappa shape index (κ2) is 32.1. The van der Waals surface area contributed by atoms with Crippen molar-refractivity contribution in [2.24, 2.45) is 0 Å². The van der Waals surface area contributed by atoms with Crippen LogP contribution in [0.4, 0.5) is 0 Å². The maximum absolute atomic E-state index is 10.3. The zero-order valence-electron chi connectivity index (χ0n) is 19.0. The first-order chi connectivity index (χ1) is 13.9. The minimum Gasteiger partial charge on any atom is -0.550 e. The van der Waals surface area contributed by atoms with Gasteiger partial charge in [0.25, 0.3) is 0 Å². The smallest absolute Gasteiger partial charge is 0.550 e. The molecule has 0 aliphatic carbocycles. The zero-order valence-corrected chi connectivity index (χ0v) is 22.0. The molecule has 0 saturated carbocycles. The van der Waals surface area contributed by atoms with Gasteiger partial charge in [-0.3, -0.25) is 4.79 Å². The van der Waals surface area contributed by atoms with Gasteiger partial charge in [-0.1, -0.05) is 96.8 Å². The summed E-state index contributed by atoms with van der Waals surface area (Å²) in [5.74, 6) is -3.10. The standard InChI is InChI=1S/C18H36O2.C5H8O4.2Ag/c1-2-3-4-5-6-7-8-9-10-11-12-13-14-15-16-17-18(19)20;6-4(7)2-1-3-5(8)9;;/h2-17H2,1H3,(H,19,20);1-3H2,(H,6,7)(H,8,9);;/q;;2*+1/p-2. The van der Waals surface area contributed by atoms with Gasteiger partial charge in [0.2, 0.25) is 0 Å². The van der Waals surface area contributed by atoms with E-state index in [1.54, 1.807) is 0 Å². The second-order valence-corrected chi connectivity index (χ2v) is 7.69. The van der Waals surface area contributed by atoms with E-state index in [1.807, 2.05) is 0 Å². The third kappa shape index (κ3) is 44.4. The van der Waals surface area contributed by atoms with Gasteiger partial charge in [-0.15, -0.1) is 0 Å². The summed E-state index contributed by atoms with van der Waals surface area (Å²) in [6.07, 6.45) is 19.9. The summed E-state index contributed by atoms with van der Waals surface area (Å²) in [6, 6.07) is 0. The Kier molecular flexibility index (Phi) is 39.5. The van der Waals surface area contributed by atoms with Crippen LogP contribution in [0, 0.1) is 0 Å². The summed E-state index contributed by atoms with van der Waals surface area (Å²) in [5.41, 5.74) is 0. The molecule has 1 N–H and O–H groups in total. The van der Waals surface area contributed by atoms with Crippen molar-refractivity contribution >= 4 is 17.9 Å². The van der Waals surface area contributed by atoms with Crippen molar-refractivity contribution in [2.45, 2.75) is 129 Å². The van der Waals surface area contributed by atoms with Gasteiger partial charge in [0, 0.05) is 18.4 Å². The van der Waals surface area contributed by atoms with E-state index in [2.05, 4.69) is 6.92 Å². The van der Waals surface area contributed by atoms with E-state index < -0.39 is 17.9 Å². The molecule has 0 aromatic rings. The first kappa shape index (κ1) is 38.2. The molecule has 0 aliphatic rings. The Hall–Kier alpha value is -0.109. The van der Waals surface area contributed by atoms with Gasteiger partial charge in [-0.25, -0.2) is 0 Å². The molecule has 192 valence electrons. The number of carboxylic acid groups (broad SMARTS) is 3. The molecule has 0 unspecified atom stereocenters. The molecule has 0 rings (SSSR count). The normalized spacial score (nSPS) is 9.58. The largest absolute Gasteiger partial charge is 1.00 e. The molecule has 0 heterocycles. The Morgan fingerprint density at radius 2 is 0.806 bits per heavy atom. The Morgan fingerprint density at radius 1 is 0.516 bits per heavy atom. The molecule has 0 aromatic heterocycles. The third-order valence-corrected chi connectivity index (χ3v) is 4.76. The Bertz CT molecular complexity index is 392. The van der Waals surface area contributed by atoms with Crippen molar-refractivity contribution in [3.63, 3.8) is 0 Å². The average Bonchev–Trinajstić information content (AvgIpc) is 2.64. The number of unbranched alkanes of at least 4 members (excludes halogenated alkanes) is 14. The maximum Gasteiger partial charge on any atom is 1.00 e. The molecule has 0 aliphatic heterocycles. The number of hydrogen-bond acceptors (Lipinski definition) is 5. The number of carbonyl (C=O) groups is 3. The summed E-state index contributed by atoms with van der Waals surface area (Å²) >= 11 is 0. The molecular weight excluding hydrogens is 588 g/mol. The van der Waals surface area contributed by atoms with Crippen molar-refractivity contribution < 1.29 is 74.5 Å². The first-order valence-electron chi connectivity index (χ1n) is 11.5. The molecule has 0 spiro atoms. The second-order valence-electron chi connectivity index (χ2n) is 7.69. The van der Waals surface area contributed by atoms with Crippen LogP contribution in [0.3, 0.4) is 0 Å². The van der Waals surface area contributed by atoms with Gasteiger partial charge in [-0.2, -0.15) is 0 Å². The van der Waals surface area contributed by atoms with E-state index in [0.717, 1.165) is 12.8 Å². The van der Waals surface area contributed by atoms with Crippen LogP contribution in [0.15, 0.2) is 0 Å². The molecule has 31 heavy (non-hydrogen) atoms. The van der Waals surface area contributed by atoms with Crippen molar-refractivity contribution in [3.05, 3.63) is 0 Å². The third-order valence-electron chi connectivity index (χ3n) is 4.76. The molecule has 0 saturated heterocycles. The predicted molar refractivity (Wildman–Crippen MR) is 111 cm³/mol. The Labute approximate surface area is 220 Å². The van der Waals surface area contributed by atoms with E-state index >= 15 is 0 Å². The summed E-state index contributed by atoms with van der Waals surface area (Å²) in [6.45, 7) is 2.27. The van der Waals surface area contributed by atoms with Gasteiger partial charge in [0.1, 0.15) is 0 Å². The average molecular weight is 630 g/mol. The Morgan fingerprint density at radius 3 is 1.06 bits per heavy atom. The summed E-state index contributed by atoms with van der Waals surface area (Å²) in [7, 11) is 0. The molecular formula is C23H42Ag2O6. The van der Waals surface area contributed by atoms with E-state index in [-0.39, 0.29) is 64.0 Å². The fourth-order valence-electron chi connectivity index (χ4n) is 3.02. The van der Waals surface area contributed by atoms with E-state index in [1.165, 1.54) is 83.5 Å². The fourth-order valence-corrected chi connectivity index (χ4v) is 3.02. The van der Waals surface area contributed by atoms with E-state index in [9.17, 15) is 24.6 Å². The van der Waals surface area contributed by atoms with Gasteiger partial charge < -0.3 is 24.9 Å². The van der Waals surface area contributed by atoms with Crippen LogP contribution >= 0.6 is 0 Å². The summed E-state index contributed by atoms with van der Waals surface area (Å²) in [5, 5.41) is 27.8. The zero-order chi connectivity index (χ0) is 22.2. The van der Waals surface area contributed by atoms with Gasteiger partial charge >= 0.3 is 50.7 Å². The fraction of sp³-hybridized carbons (Fsp3) is 0.870. The van der Waals surface area contributed by atoms with Crippen molar-refractivity contribution in [2.75, 3.05) is 0 Å². The number of rotatable bonds is 20. The molecule has 0 radical (unpaired) electrons. The summed E-state index contributed by atoms with van der Waals surface area (Å²) in [4.78, 5) is 29.6. The first-order valence-corrected chi connectivity index (χ1v) is 11.5. The van der Waals surface area contributed by atoms with E-state index in [4.69, 9.17) is 5.11 Å². The Balaban J connectivity index is -0.000000282. The maximum atomic E-state index is 10.3. The van der Waals surface area contributed by atoms with Gasteiger partial charge in [0.15, 0.2) is 0 Å². The molecule has 0 fully saturated rings. The van der Waals surface area contributed by atoms with Crippen LogP contribution in [-0.2, 0) is 59.1 Å². The van der Waals surface area contributed by atoms with Crippen LogP contribution in [-0.4, -0.2) is 23.0 Å².